The van der Waals surface area contributed by atoms with E-state index in [2.05, 4.69) is 15.9 Å². The number of nitro groups is 1. The van der Waals surface area contributed by atoms with Gasteiger partial charge in [0.25, 0.3) is 5.69 Å². The van der Waals surface area contributed by atoms with E-state index in [1.807, 2.05) is 0 Å². The van der Waals surface area contributed by atoms with Crippen LogP contribution >= 0.6 is 15.9 Å². The average molecular weight is 248 g/mol. The van der Waals surface area contributed by atoms with Gasteiger partial charge in [-0.05, 0) is 18.6 Å². The molecule has 0 saturated carbocycles. The van der Waals surface area contributed by atoms with Gasteiger partial charge in [0.1, 0.15) is 5.82 Å². The third kappa shape index (κ3) is 2.03. The second kappa shape index (κ2) is 3.83. The van der Waals surface area contributed by atoms with Crippen LogP contribution in [0.2, 0.25) is 0 Å². The second-order valence-electron chi connectivity index (χ2n) is 2.62. The minimum absolute atomic E-state index is 0.181. The lowest BCUT2D eigenvalue weighted by molar-refractivity contribution is -0.385. The highest BCUT2D eigenvalue weighted by molar-refractivity contribution is 9.08. The van der Waals surface area contributed by atoms with Crippen molar-refractivity contribution in [2.45, 2.75) is 12.3 Å². The molecule has 0 bridgehead atoms. The van der Waals surface area contributed by atoms with Crippen LogP contribution in [0.4, 0.5) is 10.1 Å². The Hall–Kier alpha value is -0.970. The molecule has 0 fully saturated rings. The molecule has 0 unspecified atom stereocenters. The van der Waals surface area contributed by atoms with Crippen LogP contribution in [0, 0.1) is 22.9 Å². The Morgan fingerprint density at radius 2 is 2.23 bits per heavy atom. The summed E-state index contributed by atoms with van der Waals surface area (Å²) < 4.78 is 12.9. The Morgan fingerprint density at radius 1 is 1.62 bits per heavy atom. The van der Waals surface area contributed by atoms with E-state index in [9.17, 15) is 14.5 Å². The summed E-state index contributed by atoms with van der Waals surface area (Å²) in [6.07, 6.45) is 0. The quantitative estimate of drug-likeness (QED) is 0.458. The largest absolute Gasteiger partial charge is 0.276 e. The SMILES string of the molecule is Cc1cc(CBr)c([N+](=O)[O-])cc1F. The summed E-state index contributed by atoms with van der Waals surface area (Å²) in [4.78, 5) is 9.88. The maximum Gasteiger partial charge on any atom is 0.276 e. The van der Waals surface area contributed by atoms with Gasteiger partial charge in [0.2, 0.25) is 0 Å². The van der Waals surface area contributed by atoms with Gasteiger partial charge in [0.15, 0.2) is 0 Å². The van der Waals surface area contributed by atoms with Crippen molar-refractivity contribution in [3.63, 3.8) is 0 Å². The first-order chi connectivity index (χ1) is 6.06. The Morgan fingerprint density at radius 3 is 2.69 bits per heavy atom. The first-order valence-corrected chi connectivity index (χ1v) is 4.67. The standard InChI is InChI=1S/C8H7BrFNO2/c1-5-2-6(4-9)8(11(12)13)3-7(5)10/h2-3H,4H2,1H3. The third-order valence-electron chi connectivity index (χ3n) is 1.70. The summed E-state index contributed by atoms with van der Waals surface area (Å²) in [6, 6.07) is 2.42. The number of hydrogen-bond donors (Lipinski definition) is 0. The van der Waals surface area contributed by atoms with Gasteiger partial charge in [-0.25, -0.2) is 4.39 Å². The second-order valence-corrected chi connectivity index (χ2v) is 3.18. The number of alkyl halides is 1. The molecule has 0 spiro atoms. The number of benzene rings is 1. The van der Waals surface area contributed by atoms with E-state index < -0.39 is 10.7 Å². The highest BCUT2D eigenvalue weighted by Gasteiger charge is 2.15. The lowest BCUT2D eigenvalue weighted by Gasteiger charge is -2.01. The molecule has 0 aliphatic carbocycles. The van der Waals surface area contributed by atoms with E-state index in [0.29, 0.717) is 16.5 Å². The zero-order valence-corrected chi connectivity index (χ0v) is 8.47. The summed E-state index contributed by atoms with van der Waals surface area (Å²) in [5.74, 6) is -0.545. The molecule has 1 aromatic rings. The number of aryl methyl sites for hydroxylation is 1. The van der Waals surface area contributed by atoms with Crippen LogP contribution in [0.25, 0.3) is 0 Å². The van der Waals surface area contributed by atoms with E-state index in [-0.39, 0.29) is 5.69 Å². The Kier molecular flexibility index (Phi) is 2.98. The van der Waals surface area contributed by atoms with Gasteiger partial charge in [-0.3, -0.25) is 10.1 Å². The smallest absolute Gasteiger partial charge is 0.258 e. The number of halogens is 2. The van der Waals surface area contributed by atoms with Crippen molar-refractivity contribution < 1.29 is 9.31 Å². The fraction of sp³-hybridized carbons (Fsp3) is 0.250. The molecule has 5 heteroatoms. The number of nitro benzene ring substituents is 1. The normalized spacial score (nSPS) is 10.1. The van der Waals surface area contributed by atoms with Gasteiger partial charge < -0.3 is 0 Å². The van der Waals surface area contributed by atoms with Crippen LogP contribution in [0.15, 0.2) is 12.1 Å². The van der Waals surface area contributed by atoms with Crippen LogP contribution in [-0.2, 0) is 5.33 Å². The van der Waals surface area contributed by atoms with Gasteiger partial charge >= 0.3 is 0 Å². The molecule has 0 aliphatic heterocycles. The van der Waals surface area contributed by atoms with Crippen LogP contribution in [0.3, 0.4) is 0 Å². The molecular formula is C8H7BrFNO2. The summed E-state index contributed by atoms with van der Waals surface area (Å²) >= 11 is 3.11. The fourth-order valence-corrected chi connectivity index (χ4v) is 1.46. The minimum Gasteiger partial charge on any atom is -0.258 e. The average Bonchev–Trinajstić information content (AvgIpc) is 2.08. The van der Waals surface area contributed by atoms with E-state index >= 15 is 0 Å². The van der Waals surface area contributed by atoms with Gasteiger partial charge in [-0.1, -0.05) is 15.9 Å². The number of rotatable bonds is 2. The molecule has 0 N–H and O–H groups in total. The molecule has 0 atom stereocenters. The molecule has 1 rings (SSSR count). The highest BCUT2D eigenvalue weighted by Crippen LogP contribution is 2.24. The Labute approximate surface area is 82.8 Å². The first kappa shape index (κ1) is 10.1. The van der Waals surface area contributed by atoms with Gasteiger partial charge in [0.05, 0.1) is 11.0 Å². The molecule has 0 aliphatic rings. The van der Waals surface area contributed by atoms with Crippen LogP contribution < -0.4 is 0 Å². The lowest BCUT2D eigenvalue weighted by Crippen LogP contribution is -1.96. The lowest BCUT2D eigenvalue weighted by atomic mass is 10.1. The fourth-order valence-electron chi connectivity index (χ4n) is 1.01. The summed E-state index contributed by atoms with van der Waals surface area (Å²) in [6.45, 7) is 1.57. The minimum atomic E-state index is -0.584. The van der Waals surface area contributed by atoms with Crippen molar-refractivity contribution in [1.82, 2.24) is 0 Å². The monoisotopic (exact) mass is 247 g/mol. The molecule has 0 amide bonds. The maximum atomic E-state index is 12.9. The molecule has 70 valence electrons. The molecule has 3 nitrogen and oxygen atoms in total. The van der Waals surface area contributed by atoms with Crippen molar-refractivity contribution in [3.05, 3.63) is 39.2 Å². The van der Waals surface area contributed by atoms with Crippen LogP contribution in [0.1, 0.15) is 11.1 Å². The molecule has 0 saturated heterocycles. The van der Waals surface area contributed by atoms with Crippen molar-refractivity contribution in [3.8, 4) is 0 Å². The van der Waals surface area contributed by atoms with E-state index in [4.69, 9.17) is 0 Å². The molecule has 13 heavy (non-hydrogen) atoms. The van der Waals surface area contributed by atoms with Crippen molar-refractivity contribution in [1.29, 1.82) is 0 Å². The Bertz CT molecular complexity index is 354. The third-order valence-corrected chi connectivity index (χ3v) is 2.30. The van der Waals surface area contributed by atoms with E-state index in [1.165, 1.54) is 6.07 Å². The van der Waals surface area contributed by atoms with Gasteiger partial charge in [-0.15, -0.1) is 0 Å². The van der Waals surface area contributed by atoms with E-state index in [1.54, 1.807) is 6.92 Å². The number of hydrogen-bond acceptors (Lipinski definition) is 2. The van der Waals surface area contributed by atoms with Crippen LogP contribution in [-0.4, -0.2) is 4.92 Å². The Balaban J connectivity index is 3.33. The van der Waals surface area contributed by atoms with Crippen molar-refractivity contribution >= 4 is 21.6 Å². The summed E-state index contributed by atoms with van der Waals surface area (Å²) in [5, 5.41) is 10.8. The number of nitrogens with zero attached hydrogens (tertiary/aromatic N) is 1. The van der Waals surface area contributed by atoms with E-state index in [0.717, 1.165) is 6.07 Å². The van der Waals surface area contributed by atoms with Crippen molar-refractivity contribution in [2.24, 2.45) is 0 Å². The summed E-state index contributed by atoms with van der Waals surface area (Å²) in [5.41, 5.74) is 0.726. The first-order valence-electron chi connectivity index (χ1n) is 3.55. The molecule has 0 heterocycles. The molecule has 1 aromatic carbocycles. The molecule has 0 aromatic heterocycles. The predicted octanol–water partition coefficient (Wildman–Crippen LogP) is 2.94. The zero-order valence-electron chi connectivity index (χ0n) is 6.88. The van der Waals surface area contributed by atoms with Gasteiger partial charge in [0, 0.05) is 10.9 Å². The topological polar surface area (TPSA) is 43.1 Å². The van der Waals surface area contributed by atoms with Gasteiger partial charge in [-0.2, -0.15) is 0 Å². The maximum absolute atomic E-state index is 12.9. The predicted molar refractivity (Wildman–Crippen MR) is 50.4 cm³/mol. The molecular weight excluding hydrogens is 241 g/mol. The summed E-state index contributed by atoms with van der Waals surface area (Å²) in [7, 11) is 0. The molecule has 0 radical (unpaired) electrons. The van der Waals surface area contributed by atoms with Crippen LogP contribution in [0.5, 0.6) is 0 Å². The van der Waals surface area contributed by atoms with Crippen molar-refractivity contribution in [2.75, 3.05) is 0 Å². The highest BCUT2D eigenvalue weighted by atomic mass is 79.9. The zero-order chi connectivity index (χ0) is 10.0.